The van der Waals surface area contributed by atoms with E-state index >= 15 is 0 Å². The summed E-state index contributed by atoms with van der Waals surface area (Å²) in [5.41, 5.74) is 10.5. The zero-order valence-corrected chi connectivity index (χ0v) is 15.4. The van der Waals surface area contributed by atoms with Crippen LogP contribution in [0.4, 0.5) is 11.4 Å². The quantitative estimate of drug-likeness (QED) is 0.408. The van der Waals surface area contributed by atoms with E-state index in [1.165, 1.54) is 29.6 Å². The highest BCUT2D eigenvalue weighted by atomic mass is 79.9. The van der Waals surface area contributed by atoms with Crippen molar-refractivity contribution in [1.29, 1.82) is 0 Å². The Bertz CT molecular complexity index is 1060. The minimum Gasteiger partial charge on any atom is -0.437 e. The van der Waals surface area contributed by atoms with Gasteiger partial charge in [-0.1, -0.05) is 0 Å². The van der Waals surface area contributed by atoms with Gasteiger partial charge < -0.3 is 25.3 Å². The van der Waals surface area contributed by atoms with Crippen LogP contribution in [0.5, 0.6) is 0 Å². The summed E-state index contributed by atoms with van der Waals surface area (Å²) in [5.74, 6) is 0.359. The third kappa shape index (κ3) is 6.01. The maximum atomic E-state index is 11.4. The number of halogens is 1. The molecule has 4 heterocycles. The highest BCUT2D eigenvalue weighted by Crippen LogP contribution is 2.04. The number of H-pyrrole nitrogens is 1. The fourth-order valence-electron chi connectivity index (χ4n) is 1.65. The third-order valence-electron chi connectivity index (χ3n) is 2.88. The van der Waals surface area contributed by atoms with Crippen molar-refractivity contribution in [2.45, 2.75) is 0 Å². The molecule has 10 nitrogen and oxygen atoms in total. The van der Waals surface area contributed by atoms with Gasteiger partial charge in [-0.05, 0) is 40.2 Å². The first kappa shape index (κ1) is 19.7. The molecule has 0 fully saturated rings. The maximum absolute atomic E-state index is 11.4. The average molecular weight is 435 g/mol. The zero-order chi connectivity index (χ0) is 19.6. The zero-order valence-electron chi connectivity index (χ0n) is 13.8. The van der Waals surface area contributed by atoms with Gasteiger partial charge in [0.2, 0.25) is 5.88 Å². The molecule has 140 valence electrons. The first-order valence-electron chi connectivity index (χ1n) is 7.32. The van der Waals surface area contributed by atoms with Gasteiger partial charge in [0.05, 0.1) is 23.8 Å². The summed E-state index contributed by atoms with van der Waals surface area (Å²) >= 11 is 3.05. The van der Waals surface area contributed by atoms with Crippen molar-refractivity contribution < 1.29 is 8.83 Å². The first-order chi connectivity index (χ1) is 13.0. The molecule has 4 aromatic heterocycles. The molecule has 0 bridgehead atoms. The first-order valence-corrected chi connectivity index (χ1v) is 8.11. The number of aromatic nitrogens is 4. The van der Waals surface area contributed by atoms with E-state index in [2.05, 4.69) is 35.3 Å². The van der Waals surface area contributed by atoms with E-state index in [1.807, 2.05) is 0 Å². The van der Waals surface area contributed by atoms with Gasteiger partial charge in [-0.2, -0.15) is 0 Å². The number of nitrogen functional groups attached to an aromatic ring is 2. The number of pyridine rings is 2. The lowest BCUT2D eigenvalue weighted by molar-refractivity contribution is 0.527. The van der Waals surface area contributed by atoms with Crippen LogP contribution in [0.1, 0.15) is 0 Å². The van der Waals surface area contributed by atoms with E-state index in [-0.39, 0.29) is 22.5 Å². The summed E-state index contributed by atoms with van der Waals surface area (Å²) < 4.78 is 11.6. The van der Waals surface area contributed by atoms with Gasteiger partial charge in [0.15, 0.2) is 17.5 Å². The Morgan fingerprint density at radius 1 is 1.00 bits per heavy atom. The van der Waals surface area contributed by atoms with Crippen LogP contribution in [-0.2, 0) is 0 Å². The molecule has 0 saturated carbocycles. The van der Waals surface area contributed by atoms with Gasteiger partial charge >= 0.3 is 0 Å². The summed E-state index contributed by atoms with van der Waals surface area (Å²) in [6, 6.07) is 6.43. The number of nitrogens with two attached hydrogens (primary N) is 2. The number of oxazole rings is 2. The molecule has 4 rings (SSSR count). The molecule has 0 aliphatic carbocycles. The molecule has 11 heteroatoms. The Balaban J connectivity index is 0.000000159. The van der Waals surface area contributed by atoms with E-state index in [0.717, 1.165) is 0 Å². The van der Waals surface area contributed by atoms with E-state index in [1.54, 1.807) is 36.8 Å². The molecule has 0 aliphatic rings. The van der Waals surface area contributed by atoms with Crippen LogP contribution in [0.3, 0.4) is 0 Å². The predicted molar refractivity (Wildman–Crippen MR) is 102 cm³/mol. The normalized spacial score (nSPS) is 9.52. The van der Waals surface area contributed by atoms with Crippen molar-refractivity contribution in [3.05, 3.63) is 87.2 Å². The van der Waals surface area contributed by atoms with Gasteiger partial charge in [-0.3, -0.25) is 14.2 Å². The average Bonchev–Trinajstić information content (AvgIpc) is 3.35. The predicted octanol–water partition coefficient (Wildman–Crippen LogP) is 1.80. The number of rotatable bonds is 1. The minimum absolute atomic E-state index is 0.180. The molecule has 0 aliphatic heterocycles. The molecule has 4 aromatic rings. The summed E-state index contributed by atoms with van der Waals surface area (Å²) in [6.45, 7) is 0. The van der Waals surface area contributed by atoms with Crippen molar-refractivity contribution in [1.82, 2.24) is 19.5 Å². The van der Waals surface area contributed by atoms with Gasteiger partial charge in [-0.25, -0.2) is 9.97 Å². The van der Waals surface area contributed by atoms with Gasteiger partial charge in [-0.15, -0.1) is 0 Å². The van der Waals surface area contributed by atoms with E-state index in [9.17, 15) is 9.59 Å². The van der Waals surface area contributed by atoms with Crippen LogP contribution < -0.4 is 22.6 Å². The number of nitrogens with zero attached hydrogens (tertiary/aromatic N) is 3. The molecule has 27 heavy (non-hydrogen) atoms. The number of nitrogens with one attached hydrogen (secondary N) is 1. The third-order valence-corrected chi connectivity index (χ3v) is 3.28. The van der Waals surface area contributed by atoms with Crippen LogP contribution in [0, 0.1) is 0 Å². The maximum Gasteiger partial charge on any atom is 0.280 e. The molecule has 0 amide bonds. The molecule has 0 saturated heterocycles. The van der Waals surface area contributed by atoms with Crippen molar-refractivity contribution in [2.75, 3.05) is 11.5 Å². The lowest BCUT2D eigenvalue weighted by Gasteiger charge is -1.99. The smallest absolute Gasteiger partial charge is 0.280 e. The Morgan fingerprint density at radius 3 is 2.19 bits per heavy atom. The number of hydrogen-bond acceptors (Lipinski definition) is 8. The van der Waals surface area contributed by atoms with Crippen LogP contribution in [0.15, 0.2) is 84.9 Å². The highest BCUT2D eigenvalue weighted by Gasteiger charge is 2.03. The molecule has 0 aromatic carbocycles. The molecule has 5 N–H and O–H groups in total. The molecule has 0 radical (unpaired) electrons. The second kappa shape index (κ2) is 9.77. The van der Waals surface area contributed by atoms with Gasteiger partial charge in [0, 0.05) is 12.4 Å². The summed E-state index contributed by atoms with van der Waals surface area (Å²) in [4.78, 5) is 31.6. The van der Waals surface area contributed by atoms with Crippen LogP contribution in [0.2, 0.25) is 0 Å². The number of hydrogen-bond donors (Lipinski definition) is 3. The van der Waals surface area contributed by atoms with E-state index in [4.69, 9.17) is 15.9 Å². The second-order valence-corrected chi connectivity index (χ2v) is 5.52. The highest BCUT2D eigenvalue weighted by molar-refractivity contribution is 9.10. The topological polar surface area (TPSA) is 159 Å². The van der Waals surface area contributed by atoms with Crippen LogP contribution in [0.25, 0.3) is 5.88 Å². The van der Waals surface area contributed by atoms with E-state index < -0.39 is 0 Å². The Labute approximate surface area is 160 Å². The van der Waals surface area contributed by atoms with Crippen LogP contribution >= 0.6 is 15.9 Å². The molecular formula is C16H15BrN6O4. The molecular weight excluding hydrogens is 420 g/mol. The molecule has 0 unspecified atom stereocenters. The van der Waals surface area contributed by atoms with E-state index in [0.29, 0.717) is 10.6 Å². The monoisotopic (exact) mass is 434 g/mol. The Hall–Kier alpha value is -3.60. The largest absolute Gasteiger partial charge is 0.437 e. The van der Waals surface area contributed by atoms with Crippen LogP contribution in [-0.4, -0.2) is 19.5 Å². The Morgan fingerprint density at radius 2 is 1.70 bits per heavy atom. The number of anilines is 2. The van der Waals surface area contributed by atoms with Gasteiger partial charge in [0.25, 0.3) is 11.1 Å². The minimum atomic E-state index is -0.306. The fraction of sp³-hybridized carbons (Fsp3) is 0. The summed E-state index contributed by atoms with van der Waals surface area (Å²) in [5, 5.41) is 0. The number of aromatic amines is 1. The summed E-state index contributed by atoms with van der Waals surface area (Å²) in [6.07, 6.45) is 8.76. The van der Waals surface area contributed by atoms with Gasteiger partial charge in [0.1, 0.15) is 0 Å². The lowest BCUT2D eigenvalue weighted by atomic mass is 10.4. The Kier molecular flexibility index (Phi) is 7.14. The van der Waals surface area contributed by atoms with Crippen molar-refractivity contribution in [2.24, 2.45) is 0 Å². The van der Waals surface area contributed by atoms with Crippen molar-refractivity contribution >= 4 is 27.3 Å². The summed E-state index contributed by atoms with van der Waals surface area (Å²) in [7, 11) is 0. The second-order valence-electron chi connectivity index (χ2n) is 4.74. The van der Waals surface area contributed by atoms with Crippen molar-refractivity contribution in [3.8, 4) is 5.88 Å². The fourth-order valence-corrected chi connectivity index (χ4v) is 1.85. The molecule has 0 atom stereocenters. The molecule has 0 spiro atoms. The van der Waals surface area contributed by atoms with Crippen molar-refractivity contribution in [3.63, 3.8) is 0 Å². The lowest BCUT2D eigenvalue weighted by Crippen LogP contribution is -2.19. The SMILES string of the molecule is Brc1cnco1.Nc1ccc[nH]c1=O.Nc1cccn(-c2cnco2)c1=O. The standard InChI is InChI=1S/C8H7N3O2.C5H6N2O.C3H2BrNO/c9-6-2-1-3-11(8(6)12)7-4-10-5-13-7;6-4-2-1-3-7-5(4)8;4-3-1-5-2-6-3/h1-5H,9H2;1-3H,6H2,(H,7,8);1-2H.